The molecule has 8 nitrogen and oxygen atoms in total. The summed E-state index contributed by atoms with van der Waals surface area (Å²) < 4.78 is 0. The van der Waals surface area contributed by atoms with Crippen molar-refractivity contribution in [2.24, 2.45) is 4.99 Å². The van der Waals surface area contributed by atoms with Gasteiger partial charge in [0.25, 0.3) is 0 Å². The van der Waals surface area contributed by atoms with Crippen LogP contribution >= 0.6 is 0 Å². The van der Waals surface area contributed by atoms with Crippen molar-refractivity contribution < 1.29 is 4.79 Å². The predicted molar refractivity (Wildman–Crippen MR) is 124 cm³/mol. The van der Waals surface area contributed by atoms with Crippen LogP contribution < -0.4 is 15.5 Å². The molecule has 1 amide bonds. The molecule has 4 rings (SSSR count). The molecule has 3 fully saturated rings. The van der Waals surface area contributed by atoms with E-state index < -0.39 is 0 Å². The van der Waals surface area contributed by atoms with Gasteiger partial charge in [-0.3, -0.25) is 14.7 Å². The van der Waals surface area contributed by atoms with Crippen LogP contribution in [0, 0.1) is 0 Å². The molecule has 1 aliphatic carbocycles. The standard InChI is InChI=1S/C23H37N7O/c1-24-23(30-14-12-28(13-15-30)18-22(31)27-20-6-7-20)26-17-19-8-9-25-21(16-19)29-10-4-2-3-5-11-29/h8-9,16,20H,2-7,10-15,17-18H2,1H3,(H,24,26)(H,27,31). The first-order valence-corrected chi connectivity index (χ1v) is 11.9. The molecule has 1 saturated carbocycles. The highest BCUT2D eigenvalue weighted by molar-refractivity contribution is 5.80. The third kappa shape index (κ3) is 6.56. The fraction of sp³-hybridized carbons (Fsp3) is 0.696. The molecule has 0 atom stereocenters. The lowest BCUT2D eigenvalue weighted by Crippen LogP contribution is -2.54. The van der Waals surface area contributed by atoms with Crippen LogP contribution in [0.3, 0.4) is 0 Å². The number of aliphatic imine (C=N–C) groups is 1. The second-order valence-electron chi connectivity index (χ2n) is 8.93. The Morgan fingerprint density at radius 2 is 1.84 bits per heavy atom. The highest BCUT2D eigenvalue weighted by Crippen LogP contribution is 2.19. The second kappa shape index (κ2) is 10.8. The molecule has 8 heteroatoms. The van der Waals surface area contributed by atoms with E-state index in [-0.39, 0.29) is 5.91 Å². The van der Waals surface area contributed by atoms with Crippen molar-refractivity contribution in [2.75, 3.05) is 57.8 Å². The summed E-state index contributed by atoms with van der Waals surface area (Å²) in [7, 11) is 1.84. The highest BCUT2D eigenvalue weighted by atomic mass is 16.2. The number of carbonyl (C=O) groups excluding carboxylic acids is 1. The number of nitrogens with one attached hydrogen (secondary N) is 2. The Morgan fingerprint density at radius 3 is 2.52 bits per heavy atom. The summed E-state index contributed by atoms with van der Waals surface area (Å²) in [5.41, 5.74) is 1.23. The average Bonchev–Trinajstić information content (AvgIpc) is 3.62. The molecule has 31 heavy (non-hydrogen) atoms. The molecule has 170 valence electrons. The maximum absolute atomic E-state index is 12.0. The van der Waals surface area contributed by atoms with Crippen LogP contribution in [0.2, 0.25) is 0 Å². The minimum Gasteiger partial charge on any atom is -0.357 e. The Labute approximate surface area is 186 Å². The van der Waals surface area contributed by atoms with Gasteiger partial charge in [-0.05, 0) is 43.4 Å². The fourth-order valence-corrected chi connectivity index (χ4v) is 4.38. The summed E-state index contributed by atoms with van der Waals surface area (Å²) in [6, 6.07) is 4.73. The van der Waals surface area contributed by atoms with E-state index in [0.717, 1.165) is 70.4 Å². The Kier molecular flexibility index (Phi) is 7.61. The zero-order chi connectivity index (χ0) is 21.5. The van der Waals surface area contributed by atoms with Gasteiger partial charge in [0.1, 0.15) is 5.82 Å². The van der Waals surface area contributed by atoms with Gasteiger partial charge in [-0.1, -0.05) is 12.8 Å². The maximum Gasteiger partial charge on any atom is 0.234 e. The van der Waals surface area contributed by atoms with Gasteiger partial charge in [0.05, 0.1) is 6.54 Å². The van der Waals surface area contributed by atoms with E-state index >= 15 is 0 Å². The Hall–Kier alpha value is -2.35. The number of hydrogen-bond acceptors (Lipinski definition) is 5. The van der Waals surface area contributed by atoms with Gasteiger partial charge in [0, 0.05) is 65.1 Å². The Balaban J connectivity index is 1.24. The van der Waals surface area contributed by atoms with Crippen molar-refractivity contribution >= 4 is 17.7 Å². The lowest BCUT2D eigenvalue weighted by molar-refractivity contribution is -0.122. The molecule has 2 saturated heterocycles. The van der Waals surface area contributed by atoms with Crippen LogP contribution in [-0.4, -0.2) is 85.6 Å². The van der Waals surface area contributed by atoms with Crippen molar-refractivity contribution in [3.63, 3.8) is 0 Å². The zero-order valence-electron chi connectivity index (χ0n) is 18.9. The van der Waals surface area contributed by atoms with Gasteiger partial charge in [-0.2, -0.15) is 0 Å². The first-order valence-electron chi connectivity index (χ1n) is 11.9. The molecule has 3 heterocycles. The van der Waals surface area contributed by atoms with E-state index in [2.05, 4.69) is 47.4 Å². The number of rotatable bonds is 6. The van der Waals surface area contributed by atoms with Crippen molar-refractivity contribution in [3.8, 4) is 0 Å². The van der Waals surface area contributed by atoms with Crippen LogP contribution in [-0.2, 0) is 11.3 Å². The summed E-state index contributed by atoms with van der Waals surface area (Å²) in [6.45, 7) is 6.98. The number of nitrogens with zero attached hydrogens (tertiary/aromatic N) is 5. The van der Waals surface area contributed by atoms with Crippen molar-refractivity contribution in [3.05, 3.63) is 23.9 Å². The van der Waals surface area contributed by atoms with E-state index in [1.807, 2.05) is 13.2 Å². The molecule has 1 aromatic rings. The molecule has 0 aromatic carbocycles. The first-order chi connectivity index (χ1) is 15.2. The molecule has 2 aliphatic heterocycles. The lowest BCUT2D eigenvalue weighted by Gasteiger charge is -2.36. The second-order valence-corrected chi connectivity index (χ2v) is 8.93. The summed E-state index contributed by atoms with van der Waals surface area (Å²) in [6.07, 6.45) is 9.36. The van der Waals surface area contributed by atoms with E-state index in [1.54, 1.807) is 0 Å². The highest BCUT2D eigenvalue weighted by Gasteiger charge is 2.26. The van der Waals surface area contributed by atoms with Gasteiger partial charge < -0.3 is 20.4 Å². The number of guanidine groups is 1. The van der Waals surface area contributed by atoms with Gasteiger partial charge in [0.2, 0.25) is 5.91 Å². The van der Waals surface area contributed by atoms with Crippen LogP contribution in [0.25, 0.3) is 0 Å². The van der Waals surface area contributed by atoms with E-state index in [0.29, 0.717) is 12.6 Å². The summed E-state index contributed by atoms with van der Waals surface area (Å²) in [5.74, 6) is 2.18. The molecule has 2 N–H and O–H groups in total. The van der Waals surface area contributed by atoms with Crippen LogP contribution in [0.5, 0.6) is 0 Å². The Bertz CT molecular complexity index is 748. The molecule has 0 bridgehead atoms. The number of piperazine rings is 1. The summed E-state index contributed by atoms with van der Waals surface area (Å²) in [5, 5.41) is 6.60. The molecular formula is C23H37N7O. The largest absolute Gasteiger partial charge is 0.357 e. The first kappa shape index (κ1) is 21.9. The summed E-state index contributed by atoms with van der Waals surface area (Å²) >= 11 is 0. The number of aromatic nitrogens is 1. The molecule has 0 spiro atoms. The molecular weight excluding hydrogens is 390 g/mol. The lowest BCUT2D eigenvalue weighted by atomic mass is 10.2. The quantitative estimate of drug-likeness (QED) is 0.529. The topological polar surface area (TPSA) is 76.1 Å². The minimum absolute atomic E-state index is 0.163. The molecule has 3 aliphatic rings. The number of pyridine rings is 1. The fourth-order valence-electron chi connectivity index (χ4n) is 4.38. The van der Waals surface area contributed by atoms with Crippen LogP contribution in [0.4, 0.5) is 5.82 Å². The minimum atomic E-state index is 0.163. The smallest absolute Gasteiger partial charge is 0.234 e. The van der Waals surface area contributed by atoms with Crippen molar-refractivity contribution in [1.29, 1.82) is 0 Å². The Morgan fingerprint density at radius 1 is 1.10 bits per heavy atom. The third-order valence-electron chi connectivity index (χ3n) is 6.38. The molecule has 0 radical (unpaired) electrons. The van der Waals surface area contributed by atoms with E-state index in [1.165, 1.54) is 31.2 Å². The normalized spacial score (nSPS) is 21.0. The predicted octanol–water partition coefficient (Wildman–Crippen LogP) is 1.43. The number of amides is 1. The number of hydrogen-bond donors (Lipinski definition) is 2. The van der Waals surface area contributed by atoms with Gasteiger partial charge in [-0.15, -0.1) is 0 Å². The number of anilines is 1. The van der Waals surface area contributed by atoms with Crippen LogP contribution in [0.1, 0.15) is 44.1 Å². The van der Waals surface area contributed by atoms with Gasteiger partial charge in [0.15, 0.2) is 5.96 Å². The molecule has 0 unspecified atom stereocenters. The van der Waals surface area contributed by atoms with E-state index in [4.69, 9.17) is 0 Å². The SMILES string of the molecule is CN=C(NCc1ccnc(N2CCCCCC2)c1)N1CCN(CC(=O)NC2CC2)CC1. The maximum atomic E-state index is 12.0. The summed E-state index contributed by atoms with van der Waals surface area (Å²) in [4.78, 5) is 28.1. The van der Waals surface area contributed by atoms with Crippen molar-refractivity contribution in [2.45, 2.75) is 51.1 Å². The monoisotopic (exact) mass is 427 g/mol. The van der Waals surface area contributed by atoms with Crippen molar-refractivity contribution in [1.82, 2.24) is 25.4 Å². The zero-order valence-corrected chi connectivity index (χ0v) is 18.9. The van der Waals surface area contributed by atoms with Gasteiger partial charge in [-0.25, -0.2) is 4.98 Å². The van der Waals surface area contributed by atoms with E-state index in [9.17, 15) is 4.79 Å². The van der Waals surface area contributed by atoms with Gasteiger partial charge >= 0.3 is 0 Å². The molecule has 1 aromatic heterocycles. The third-order valence-corrected chi connectivity index (χ3v) is 6.38. The average molecular weight is 428 g/mol. The van der Waals surface area contributed by atoms with Crippen LogP contribution in [0.15, 0.2) is 23.3 Å². The number of carbonyl (C=O) groups is 1.